The Morgan fingerprint density at radius 1 is 0.905 bits per heavy atom. The van der Waals surface area contributed by atoms with Gasteiger partial charge in [0.25, 0.3) is 0 Å². The van der Waals surface area contributed by atoms with Gasteiger partial charge in [0.2, 0.25) is 5.91 Å². The number of nitrogens with zero attached hydrogens (tertiary/aromatic N) is 1. The number of amides is 1. The van der Waals surface area contributed by atoms with Crippen molar-refractivity contribution < 1.29 is 4.79 Å². The van der Waals surface area contributed by atoms with E-state index < -0.39 is 0 Å². The van der Waals surface area contributed by atoms with E-state index in [-0.39, 0.29) is 11.4 Å². The molecule has 0 aliphatic carbocycles. The minimum Gasteiger partial charge on any atom is -0.326 e. The molecule has 21 heavy (non-hydrogen) atoms. The second-order valence-corrected chi connectivity index (χ2v) is 5.89. The van der Waals surface area contributed by atoms with Crippen LogP contribution in [0.1, 0.15) is 25.0 Å². The molecule has 0 atom stereocenters. The van der Waals surface area contributed by atoms with Gasteiger partial charge in [-0.15, -0.1) is 0 Å². The zero-order valence-electron chi connectivity index (χ0n) is 12.4. The molecule has 0 N–H and O–H groups in total. The minimum atomic E-state index is -0.314. The van der Waals surface area contributed by atoms with Crippen LogP contribution in [0.3, 0.4) is 0 Å². The highest BCUT2D eigenvalue weighted by Crippen LogP contribution is 2.33. The maximum absolute atomic E-state index is 12.4. The number of rotatable bonds is 3. The summed E-state index contributed by atoms with van der Waals surface area (Å²) < 4.78 is 0. The Bertz CT molecular complexity index is 671. The SMILES string of the molecule is CC(C)(c1ccccc1)N1CC(c2ccccc2)=CC1=O. The number of hydrogen-bond donors (Lipinski definition) is 0. The van der Waals surface area contributed by atoms with E-state index in [9.17, 15) is 4.79 Å². The lowest BCUT2D eigenvalue weighted by Crippen LogP contribution is -2.42. The molecule has 2 aromatic rings. The molecule has 1 aliphatic heterocycles. The highest BCUT2D eigenvalue weighted by molar-refractivity contribution is 6.01. The zero-order chi connectivity index (χ0) is 14.9. The summed E-state index contributed by atoms with van der Waals surface area (Å²) >= 11 is 0. The normalized spacial score (nSPS) is 15.2. The Balaban J connectivity index is 1.88. The first-order valence-corrected chi connectivity index (χ1v) is 7.22. The summed E-state index contributed by atoms with van der Waals surface area (Å²) in [6.07, 6.45) is 1.76. The first kappa shape index (κ1) is 13.6. The fraction of sp³-hybridized carbons (Fsp3) is 0.211. The van der Waals surface area contributed by atoms with E-state index in [1.54, 1.807) is 6.08 Å². The van der Waals surface area contributed by atoms with Crippen molar-refractivity contribution in [1.82, 2.24) is 4.90 Å². The topological polar surface area (TPSA) is 20.3 Å². The molecule has 0 radical (unpaired) electrons. The van der Waals surface area contributed by atoms with Gasteiger partial charge >= 0.3 is 0 Å². The van der Waals surface area contributed by atoms with Crippen molar-refractivity contribution in [2.45, 2.75) is 19.4 Å². The molecule has 1 aliphatic rings. The monoisotopic (exact) mass is 277 g/mol. The van der Waals surface area contributed by atoms with Crippen molar-refractivity contribution in [3.8, 4) is 0 Å². The quantitative estimate of drug-likeness (QED) is 0.834. The van der Waals surface area contributed by atoms with Crippen molar-refractivity contribution in [2.24, 2.45) is 0 Å². The van der Waals surface area contributed by atoms with Crippen molar-refractivity contribution in [3.63, 3.8) is 0 Å². The number of hydrogen-bond acceptors (Lipinski definition) is 1. The third-order valence-electron chi connectivity index (χ3n) is 4.19. The minimum absolute atomic E-state index is 0.0858. The van der Waals surface area contributed by atoms with Crippen LogP contribution in [0, 0.1) is 0 Å². The van der Waals surface area contributed by atoms with E-state index in [1.807, 2.05) is 41.3 Å². The van der Waals surface area contributed by atoms with E-state index in [1.165, 1.54) is 0 Å². The smallest absolute Gasteiger partial charge is 0.247 e. The lowest BCUT2D eigenvalue weighted by atomic mass is 9.92. The molecule has 0 fully saturated rings. The average molecular weight is 277 g/mol. The van der Waals surface area contributed by atoms with Gasteiger partial charge in [-0.3, -0.25) is 4.79 Å². The van der Waals surface area contributed by atoms with E-state index in [4.69, 9.17) is 0 Å². The van der Waals surface area contributed by atoms with Crippen molar-refractivity contribution in [1.29, 1.82) is 0 Å². The number of carbonyl (C=O) groups is 1. The molecule has 0 spiro atoms. The van der Waals surface area contributed by atoms with Crippen LogP contribution >= 0.6 is 0 Å². The molecule has 0 saturated heterocycles. The van der Waals surface area contributed by atoms with Crippen molar-refractivity contribution in [3.05, 3.63) is 77.9 Å². The average Bonchev–Trinajstić information content (AvgIpc) is 2.92. The lowest BCUT2D eigenvalue weighted by molar-refractivity contribution is -0.129. The highest BCUT2D eigenvalue weighted by Gasteiger charge is 2.35. The number of benzene rings is 2. The van der Waals surface area contributed by atoms with E-state index in [0.29, 0.717) is 6.54 Å². The molecule has 0 unspecified atom stereocenters. The summed E-state index contributed by atoms with van der Waals surface area (Å²) in [5.74, 6) is 0.0858. The van der Waals surface area contributed by atoms with Crippen LogP contribution < -0.4 is 0 Å². The molecule has 0 saturated carbocycles. The molecule has 2 aromatic carbocycles. The fourth-order valence-electron chi connectivity index (χ4n) is 2.82. The van der Waals surface area contributed by atoms with Crippen molar-refractivity contribution >= 4 is 11.5 Å². The summed E-state index contributed by atoms with van der Waals surface area (Å²) in [5, 5.41) is 0. The van der Waals surface area contributed by atoms with E-state index in [2.05, 4.69) is 38.1 Å². The van der Waals surface area contributed by atoms with Gasteiger partial charge in [-0.1, -0.05) is 60.7 Å². The Labute approximate surface area is 125 Å². The Hall–Kier alpha value is -2.35. The maximum atomic E-state index is 12.4. The predicted molar refractivity (Wildman–Crippen MR) is 85.6 cm³/mol. The summed E-state index contributed by atoms with van der Waals surface area (Å²) in [6, 6.07) is 20.3. The summed E-state index contributed by atoms with van der Waals surface area (Å²) in [4.78, 5) is 14.4. The van der Waals surface area contributed by atoms with Gasteiger partial charge in [-0.2, -0.15) is 0 Å². The van der Waals surface area contributed by atoms with Crippen LogP contribution in [0.25, 0.3) is 5.57 Å². The Morgan fingerprint density at radius 3 is 2.10 bits per heavy atom. The van der Waals surface area contributed by atoms with E-state index >= 15 is 0 Å². The van der Waals surface area contributed by atoms with Crippen LogP contribution in [0.15, 0.2) is 66.7 Å². The van der Waals surface area contributed by atoms with Crippen molar-refractivity contribution in [2.75, 3.05) is 6.54 Å². The molecule has 106 valence electrons. The van der Waals surface area contributed by atoms with Gasteiger partial charge < -0.3 is 4.90 Å². The van der Waals surface area contributed by atoms with Crippen LogP contribution in [-0.2, 0) is 10.3 Å². The number of carbonyl (C=O) groups excluding carboxylic acids is 1. The fourth-order valence-corrected chi connectivity index (χ4v) is 2.82. The van der Waals surface area contributed by atoms with Gasteiger partial charge in [0.1, 0.15) is 0 Å². The molecule has 0 aromatic heterocycles. The molecule has 3 rings (SSSR count). The van der Waals surface area contributed by atoms with E-state index in [0.717, 1.165) is 16.7 Å². The molecule has 2 heteroatoms. The van der Waals surface area contributed by atoms with Crippen LogP contribution in [0.4, 0.5) is 0 Å². The third-order valence-corrected chi connectivity index (χ3v) is 4.19. The molecule has 2 nitrogen and oxygen atoms in total. The first-order chi connectivity index (χ1) is 10.1. The van der Waals surface area contributed by atoms with Gasteiger partial charge in [-0.05, 0) is 30.5 Å². The Morgan fingerprint density at radius 2 is 1.48 bits per heavy atom. The van der Waals surface area contributed by atoms with Gasteiger partial charge in [0.05, 0.1) is 5.54 Å². The summed E-state index contributed by atoms with van der Waals surface area (Å²) in [7, 11) is 0. The van der Waals surface area contributed by atoms with Gasteiger partial charge in [0, 0.05) is 12.6 Å². The summed E-state index contributed by atoms with van der Waals surface area (Å²) in [6.45, 7) is 4.86. The first-order valence-electron chi connectivity index (χ1n) is 7.22. The van der Waals surface area contributed by atoms with Crippen LogP contribution in [-0.4, -0.2) is 17.4 Å². The van der Waals surface area contributed by atoms with Crippen LogP contribution in [0.5, 0.6) is 0 Å². The van der Waals surface area contributed by atoms with Crippen LogP contribution in [0.2, 0.25) is 0 Å². The molecule has 0 bridgehead atoms. The predicted octanol–water partition coefficient (Wildman–Crippen LogP) is 3.85. The van der Waals surface area contributed by atoms with Gasteiger partial charge in [-0.25, -0.2) is 0 Å². The molecule has 1 heterocycles. The Kier molecular flexibility index (Phi) is 3.38. The molecule has 1 amide bonds. The summed E-state index contributed by atoms with van der Waals surface area (Å²) in [5.41, 5.74) is 3.05. The standard InChI is InChI=1S/C19H19NO/c1-19(2,17-11-7-4-8-12-17)20-14-16(13-18(20)21)15-9-5-3-6-10-15/h3-13H,14H2,1-2H3. The lowest BCUT2D eigenvalue weighted by Gasteiger charge is -2.36. The maximum Gasteiger partial charge on any atom is 0.247 e. The largest absolute Gasteiger partial charge is 0.326 e. The third kappa shape index (κ3) is 2.49. The highest BCUT2D eigenvalue weighted by atomic mass is 16.2. The second-order valence-electron chi connectivity index (χ2n) is 5.89. The van der Waals surface area contributed by atoms with Gasteiger partial charge in [0.15, 0.2) is 0 Å². The second kappa shape index (κ2) is 5.21. The molecular formula is C19H19NO. The zero-order valence-corrected chi connectivity index (χ0v) is 12.4. The molecular weight excluding hydrogens is 258 g/mol.